The van der Waals surface area contributed by atoms with Crippen LogP contribution in [0.3, 0.4) is 0 Å². The predicted molar refractivity (Wildman–Crippen MR) is 58.8 cm³/mol. The molecule has 1 heterocycles. The van der Waals surface area contributed by atoms with Crippen LogP contribution in [0.25, 0.3) is 0 Å². The number of hydrogen-bond donors (Lipinski definition) is 1. The molecule has 0 aliphatic carbocycles. The number of anilines is 1. The molecule has 0 spiro atoms. The number of rotatable bonds is 2. The van der Waals surface area contributed by atoms with Gasteiger partial charge in [0.05, 0.1) is 12.7 Å². The second-order valence-electron chi connectivity index (χ2n) is 3.51. The Morgan fingerprint density at radius 2 is 2.13 bits per heavy atom. The maximum atomic E-state index is 12.1. The fourth-order valence-corrected chi connectivity index (χ4v) is 2.96. The summed E-state index contributed by atoms with van der Waals surface area (Å²) in [6, 6.07) is 9.27. The molecule has 1 aliphatic rings. The van der Waals surface area contributed by atoms with E-state index in [1.54, 1.807) is 0 Å². The van der Waals surface area contributed by atoms with E-state index in [0.29, 0.717) is 6.61 Å². The molecule has 0 radical (unpaired) electrons. The molecule has 1 aromatic carbocycles. The number of nitrogens with one attached hydrogen (secondary N) is 1. The van der Waals surface area contributed by atoms with Crippen LogP contribution in [0.1, 0.15) is 13.3 Å². The molecule has 0 saturated carbocycles. The van der Waals surface area contributed by atoms with E-state index in [1.807, 2.05) is 37.3 Å². The van der Waals surface area contributed by atoms with Crippen LogP contribution < -0.4 is 5.09 Å². The van der Waals surface area contributed by atoms with Gasteiger partial charge < -0.3 is 0 Å². The van der Waals surface area contributed by atoms with Gasteiger partial charge in [-0.2, -0.15) is 0 Å². The summed E-state index contributed by atoms with van der Waals surface area (Å²) in [7, 11) is -3.14. The second kappa shape index (κ2) is 4.35. The minimum atomic E-state index is -3.14. The first-order valence-electron chi connectivity index (χ1n) is 4.94. The Balaban J connectivity index is 2.07. The highest BCUT2D eigenvalue weighted by Crippen LogP contribution is 2.51. The van der Waals surface area contributed by atoms with Crippen molar-refractivity contribution >= 4 is 13.4 Å². The van der Waals surface area contributed by atoms with E-state index in [0.717, 1.165) is 12.1 Å². The molecular formula is C10H14NO3P. The monoisotopic (exact) mass is 227 g/mol. The summed E-state index contributed by atoms with van der Waals surface area (Å²) in [6.07, 6.45) is 0.751. The van der Waals surface area contributed by atoms with E-state index >= 15 is 0 Å². The van der Waals surface area contributed by atoms with Crippen LogP contribution in [-0.4, -0.2) is 12.7 Å². The maximum absolute atomic E-state index is 12.1. The summed E-state index contributed by atoms with van der Waals surface area (Å²) >= 11 is 0. The topological polar surface area (TPSA) is 47.6 Å². The van der Waals surface area contributed by atoms with E-state index in [2.05, 4.69) is 5.09 Å². The lowest BCUT2D eigenvalue weighted by molar-refractivity contribution is 0.0955. The first-order chi connectivity index (χ1) is 7.18. The third-order valence-electron chi connectivity index (χ3n) is 2.14. The molecule has 1 fully saturated rings. The van der Waals surface area contributed by atoms with Crippen molar-refractivity contribution in [1.82, 2.24) is 0 Å². The highest BCUT2D eigenvalue weighted by atomic mass is 31.2. The van der Waals surface area contributed by atoms with Gasteiger partial charge in [-0.15, -0.1) is 0 Å². The van der Waals surface area contributed by atoms with Gasteiger partial charge in [-0.25, -0.2) is 4.57 Å². The van der Waals surface area contributed by atoms with Crippen LogP contribution in [0.15, 0.2) is 30.3 Å². The summed E-state index contributed by atoms with van der Waals surface area (Å²) in [5.41, 5.74) is 0.745. The second-order valence-corrected chi connectivity index (χ2v) is 5.20. The van der Waals surface area contributed by atoms with Gasteiger partial charge in [-0.1, -0.05) is 18.2 Å². The SMILES string of the molecule is C[C@@H]1CCO[P@@](=O)(Nc2ccccc2)O1. The molecule has 82 valence electrons. The molecule has 4 nitrogen and oxygen atoms in total. The molecule has 2 atom stereocenters. The summed E-state index contributed by atoms with van der Waals surface area (Å²) in [4.78, 5) is 0. The first-order valence-corrected chi connectivity index (χ1v) is 6.48. The highest BCUT2D eigenvalue weighted by molar-refractivity contribution is 7.55. The van der Waals surface area contributed by atoms with E-state index in [1.165, 1.54) is 0 Å². The minimum absolute atomic E-state index is 0.0270. The standard InChI is InChI=1S/C10H14NO3P/c1-9-7-8-13-15(12,14-9)11-10-5-3-2-4-6-10/h2-6,9H,7-8H2,1H3,(H,11,12)/t9-,15+/m1/s1. The Labute approximate surface area is 89.2 Å². The van der Waals surface area contributed by atoms with Gasteiger partial charge in [-0.3, -0.25) is 14.1 Å². The highest BCUT2D eigenvalue weighted by Gasteiger charge is 2.31. The van der Waals surface area contributed by atoms with E-state index in [-0.39, 0.29) is 6.10 Å². The molecule has 1 saturated heterocycles. The number of hydrogen-bond acceptors (Lipinski definition) is 3. The Morgan fingerprint density at radius 3 is 2.80 bits per heavy atom. The Morgan fingerprint density at radius 1 is 1.40 bits per heavy atom. The van der Waals surface area contributed by atoms with E-state index in [4.69, 9.17) is 9.05 Å². The van der Waals surface area contributed by atoms with Gasteiger partial charge >= 0.3 is 7.75 Å². The van der Waals surface area contributed by atoms with Gasteiger partial charge in [0.1, 0.15) is 0 Å². The molecule has 0 bridgehead atoms. The fourth-order valence-electron chi connectivity index (χ4n) is 1.39. The van der Waals surface area contributed by atoms with Crippen molar-refractivity contribution < 1.29 is 13.6 Å². The lowest BCUT2D eigenvalue weighted by Gasteiger charge is -2.28. The normalized spacial score (nSPS) is 31.1. The van der Waals surface area contributed by atoms with Crippen molar-refractivity contribution in [1.29, 1.82) is 0 Å². The van der Waals surface area contributed by atoms with Crippen LogP contribution >= 0.6 is 7.75 Å². The Hall–Kier alpha value is -0.830. The van der Waals surface area contributed by atoms with Crippen LogP contribution in [0.5, 0.6) is 0 Å². The van der Waals surface area contributed by atoms with E-state index < -0.39 is 7.75 Å². The van der Waals surface area contributed by atoms with Gasteiger partial charge in [0.25, 0.3) is 0 Å². The molecule has 2 rings (SSSR count). The third-order valence-corrected chi connectivity index (χ3v) is 3.84. The Bertz CT molecular complexity index is 368. The molecule has 15 heavy (non-hydrogen) atoms. The molecule has 0 aromatic heterocycles. The number of benzene rings is 1. The zero-order valence-corrected chi connectivity index (χ0v) is 9.44. The predicted octanol–water partition coefficient (Wildman–Crippen LogP) is 3.03. The van der Waals surface area contributed by atoms with Crippen molar-refractivity contribution in [2.45, 2.75) is 19.4 Å². The largest absolute Gasteiger partial charge is 0.432 e. The van der Waals surface area contributed by atoms with Crippen molar-refractivity contribution in [2.24, 2.45) is 0 Å². The fraction of sp³-hybridized carbons (Fsp3) is 0.400. The summed E-state index contributed by atoms with van der Waals surface area (Å²) in [5.74, 6) is 0. The first kappa shape index (κ1) is 10.7. The molecule has 0 unspecified atom stereocenters. The minimum Gasteiger partial charge on any atom is -0.293 e. The lowest BCUT2D eigenvalue weighted by Crippen LogP contribution is -2.20. The third kappa shape index (κ3) is 2.81. The molecule has 1 N–H and O–H groups in total. The van der Waals surface area contributed by atoms with Crippen LogP contribution in [0, 0.1) is 0 Å². The van der Waals surface area contributed by atoms with Crippen molar-refractivity contribution in [3.8, 4) is 0 Å². The average Bonchev–Trinajstić information content (AvgIpc) is 2.18. The lowest BCUT2D eigenvalue weighted by atomic mass is 10.3. The van der Waals surface area contributed by atoms with Crippen LogP contribution in [0.4, 0.5) is 5.69 Å². The van der Waals surface area contributed by atoms with Crippen LogP contribution in [0.2, 0.25) is 0 Å². The van der Waals surface area contributed by atoms with Gasteiger partial charge in [0, 0.05) is 5.69 Å². The van der Waals surface area contributed by atoms with Gasteiger partial charge in [0.15, 0.2) is 0 Å². The average molecular weight is 227 g/mol. The van der Waals surface area contributed by atoms with Crippen molar-refractivity contribution in [3.63, 3.8) is 0 Å². The molecule has 1 aromatic rings. The smallest absolute Gasteiger partial charge is 0.293 e. The molecular weight excluding hydrogens is 213 g/mol. The van der Waals surface area contributed by atoms with Gasteiger partial charge in [0.2, 0.25) is 0 Å². The zero-order chi connectivity index (χ0) is 10.7. The molecule has 0 amide bonds. The maximum Gasteiger partial charge on any atom is 0.432 e. The van der Waals surface area contributed by atoms with Crippen molar-refractivity contribution in [3.05, 3.63) is 30.3 Å². The summed E-state index contributed by atoms with van der Waals surface area (Å²) < 4.78 is 22.5. The van der Waals surface area contributed by atoms with Crippen LogP contribution in [-0.2, 0) is 13.6 Å². The molecule has 5 heteroatoms. The molecule has 1 aliphatic heterocycles. The summed E-state index contributed by atoms with van der Waals surface area (Å²) in [5, 5.41) is 2.80. The summed E-state index contributed by atoms with van der Waals surface area (Å²) in [6.45, 7) is 2.36. The quantitative estimate of drug-likeness (QED) is 0.789. The Kier molecular flexibility index (Phi) is 3.10. The van der Waals surface area contributed by atoms with Gasteiger partial charge in [-0.05, 0) is 25.5 Å². The number of para-hydroxylation sites is 1. The van der Waals surface area contributed by atoms with E-state index in [9.17, 15) is 4.57 Å². The van der Waals surface area contributed by atoms with Crippen molar-refractivity contribution in [2.75, 3.05) is 11.7 Å². The zero-order valence-electron chi connectivity index (χ0n) is 8.55.